The minimum Gasteiger partial charge on any atom is -0.458 e. The minimum atomic E-state index is -1.90. The van der Waals surface area contributed by atoms with Gasteiger partial charge in [-0.25, -0.2) is 19.4 Å². The first-order chi connectivity index (χ1) is 20.6. The Labute approximate surface area is 258 Å². The fraction of sp³-hybridized carbons (Fsp3) is 0.258. The molecule has 4 heterocycles. The number of aromatic nitrogens is 2. The summed E-state index contributed by atoms with van der Waals surface area (Å²) in [6, 6.07) is 13.3. The molecule has 220 valence electrons. The van der Waals surface area contributed by atoms with Gasteiger partial charge in [-0.3, -0.25) is 4.79 Å². The van der Waals surface area contributed by atoms with Crippen LogP contribution in [-0.2, 0) is 46.0 Å². The van der Waals surface area contributed by atoms with Gasteiger partial charge < -0.3 is 28.6 Å². The number of aryl methyl sites for hydroxylation is 1. The Balaban J connectivity index is 1.28. The van der Waals surface area contributed by atoms with E-state index in [-0.39, 0.29) is 48.6 Å². The third kappa shape index (κ3) is 5.03. The molecule has 0 unspecified atom stereocenters. The van der Waals surface area contributed by atoms with Crippen LogP contribution in [0.25, 0.3) is 22.3 Å². The maximum Gasteiger partial charge on any atom is 0.514 e. The molecule has 0 aliphatic carbocycles. The van der Waals surface area contributed by atoms with E-state index < -0.39 is 21.7 Å². The van der Waals surface area contributed by atoms with Gasteiger partial charge in [0, 0.05) is 16.5 Å². The van der Waals surface area contributed by atoms with Crippen molar-refractivity contribution < 1.29 is 38.4 Å². The first-order valence-electron chi connectivity index (χ1n) is 13.6. The van der Waals surface area contributed by atoms with Gasteiger partial charge in [-0.2, -0.15) is 0 Å². The molecule has 1 atom stereocenters. The maximum absolute atomic E-state index is 13.5. The molecule has 6 rings (SSSR count). The number of halogens is 1. The largest absolute Gasteiger partial charge is 0.514 e. The molecule has 2 aliphatic rings. The molecule has 0 fully saturated rings. The van der Waals surface area contributed by atoms with E-state index >= 15 is 0 Å². The number of hydrogen-bond acceptors (Lipinski definition) is 10. The molecule has 43 heavy (non-hydrogen) atoms. The highest BCUT2D eigenvalue weighted by Gasteiger charge is 2.45. The first kappa shape index (κ1) is 28.8. The summed E-state index contributed by atoms with van der Waals surface area (Å²) in [6.45, 7) is 3.68. The zero-order valence-electron chi connectivity index (χ0n) is 23.1. The molecule has 4 aromatic rings. The van der Waals surface area contributed by atoms with Crippen LogP contribution in [0.3, 0.4) is 0 Å². The zero-order valence-corrected chi connectivity index (χ0v) is 25.3. The Morgan fingerprint density at radius 1 is 1.05 bits per heavy atom. The maximum atomic E-state index is 13.5. The van der Waals surface area contributed by atoms with E-state index in [0.29, 0.717) is 34.6 Å². The van der Waals surface area contributed by atoms with E-state index in [1.54, 1.807) is 60.0 Å². The van der Waals surface area contributed by atoms with Crippen molar-refractivity contribution in [2.75, 3.05) is 0 Å². The van der Waals surface area contributed by atoms with Gasteiger partial charge in [0.15, 0.2) is 5.60 Å². The number of aliphatic hydroxyl groups is 1. The van der Waals surface area contributed by atoms with Crippen molar-refractivity contribution >= 4 is 49.6 Å². The zero-order chi connectivity index (χ0) is 30.5. The van der Waals surface area contributed by atoms with Crippen LogP contribution in [0.4, 0.5) is 9.59 Å². The van der Waals surface area contributed by atoms with Gasteiger partial charge in [0.2, 0.25) is 0 Å². The van der Waals surface area contributed by atoms with Crippen molar-refractivity contribution in [3.63, 3.8) is 0 Å². The lowest BCUT2D eigenvalue weighted by Crippen LogP contribution is -2.44. The number of hydrogen-bond donors (Lipinski definition) is 1. The quantitative estimate of drug-likeness (QED) is 0.108. The molecular formula is C31H25IN2O9. The van der Waals surface area contributed by atoms with Gasteiger partial charge in [0.05, 0.1) is 51.6 Å². The van der Waals surface area contributed by atoms with Crippen LogP contribution in [0.1, 0.15) is 48.1 Å². The van der Waals surface area contributed by atoms with E-state index in [1.165, 1.54) is 22.6 Å². The van der Waals surface area contributed by atoms with Crippen molar-refractivity contribution in [3.8, 4) is 22.9 Å². The summed E-state index contributed by atoms with van der Waals surface area (Å²) in [5.41, 5.74) is 2.52. The number of carbonyl (C=O) groups is 3. The fourth-order valence-electron chi connectivity index (χ4n) is 5.62. The summed E-state index contributed by atoms with van der Waals surface area (Å²) in [5.74, 6) is -0.119. The predicted molar refractivity (Wildman–Crippen MR) is 161 cm³/mol. The van der Waals surface area contributed by atoms with Crippen molar-refractivity contribution in [1.82, 2.24) is 9.55 Å². The third-order valence-corrected chi connectivity index (χ3v) is 8.03. The van der Waals surface area contributed by atoms with Crippen molar-refractivity contribution in [2.24, 2.45) is 0 Å². The lowest BCUT2D eigenvalue weighted by Gasteiger charge is -2.31. The highest BCUT2D eigenvalue weighted by molar-refractivity contribution is 14.1. The van der Waals surface area contributed by atoms with E-state index in [9.17, 15) is 24.3 Å². The summed E-state index contributed by atoms with van der Waals surface area (Å²) in [4.78, 5) is 54.3. The second-order valence-electron chi connectivity index (χ2n) is 10.2. The average Bonchev–Trinajstić information content (AvgIpc) is 3.36. The van der Waals surface area contributed by atoms with Gasteiger partial charge in [0.25, 0.3) is 5.56 Å². The summed E-state index contributed by atoms with van der Waals surface area (Å²) in [7, 11) is 0. The molecule has 0 saturated carbocycles. The highest BCUT2D eigenvalue weighted by atomic mass is 127. The molecule has 11 nitrogen and oxygen atoms in total. The van der Waals surface area contributed by atoms with Crippen LogP contribution in [0.15, 0.2) is 53.3 Å². The molecule has 2 aromatic heterocycles. The average molecular weight is 696 g/mol. The van der Waals surface area contributed by atoms with Crippen molar-refractivity contribution in [1.29, 1.82) is 0 Å². The Morgan fingerprint density at radius 2 is 1.79 bits per heavy atom. The topological polar surface area (TPSA) is 143 Å². The van der Waals surface area contributed by atoms with Gasteiger partial charge in [0.1, 0.15) is 24.7 Å². The normalized spacial score (nSPS) is 16.6. The molecule has 2 aliphatic heterocycles. The number of benzene rings is 2. The second-order valence-corrected chi connectivity index (χ2v) is 11.1. The smallest absolute Gasteiger partial charge is 0.458 e. The Hall–Kier alpha value is -4.30. The number of rotatable bonds is 6. The summed E-state index contributed by atoms with van der Waals surface area (Å²) >= 11 is 1.53. The number of nitrogens with zero attached hydrogens (tertiary/aromatic N) is 2. The second kappa shape index (κ2) is 11.1. The van der Waals surface area contributed by atoms with E-state index in [1.807, 2.05) is 6.92 Å². The molecule has 1 N–H and O–H groups in total. The molecule has 12 heteroatoms. The third-order valence-electron chi connectivity index (χ3n) is 7.81. The van der Waals surface area contributed by atoms with Crippen LogP contribution in [0.5, 0.6) is 11.5 Å². The lowest BCUT2D eigenvalue weighted by atomic mass is 9.86. The number of carbonyl (C=O) groups excluding carboxylic acids is 3. The first-order valence-corrected chi connectivity index (χ1v) is 14.6. The molecule has 0 saturated heterocycles. The lowest BCUT2D eigenvalue weighted by molar-refractivity contribution is -0.172. The monoisotopic (exact) mass is 696 g/mol. The number of esters is 1. The minimum absolute atomic E-state index is 0.0407. The van der Waals surface area contributed by atoms with E-state index in [0.717, 1.165) is 16.5 Å². The summed E-state index contributed by atoms with van der Waals surface area (Å²) in [6.07, 6.45) is -0.215. The van der Waals surface area contributed by atoms with Gasteiger partial charge in [-0.15, -0.1) is 0 Å². The van der Waals surface area contributed by atoms with Crippen LogP contribution in [0.2, 0.25) is 0 Å². The van der Waals surface area contributed by atoms with Gasteiger partial charge in [-0.1, -0.05) is 26.0 Å². The SMILES string of the molecule is CCc1c2c(nc3ccc(OC(=O)OCc4ccc(OC(=O)I)cc4)cc13)-c1cc3c(c(=O)n1C2)COC(=O)[C@]3(O)CC. The number of pyridine rings is 2. The molecule has 0 bridgehead atoms. The fourth-order valence-corrected chi connectivity index (χ4v) is 5.88. The Morgan fingerprint density at radius 3 is 2.49 bits per heavy atom. The van der Waals surface area contributed by atoms with Crippen LogP contribution < -0.4 is 15.0 Å². The predicted octanol–water partition coefficient (Wildman–Crippen LogP) is 5.29. The molecular weight excluding hydrogens is 671 g/mol. The van der Waals surface area contributed by atoms with Crippen LogP contribution in [0, 0.1) is 0 Å². The van der Waals surface area contributed by atoms with Gasteiger partial charge in [-0.05, 0) is 60.4 Å². The van der Waals surface area contributed by atoms with Crippen LogP contribution >= 0.6 is 22.6 Å². The van der Waals surface area contributed by atoms with Crippen molar-refractivity contribution in [2.45, 2.75) is 52.0 Å². The number of cyclic esters (lactones) is 1. The Kier molecular flexibility index (Phi) is 7.42. The number of ether oxygens (including phenoxy) is 4. The molecule has 2 aromatic carbocycles. The summed E-state index contributed by atoms with van der Waals surface area (Å²) < 4.78 is 22.0. The Bertz CT molecular complexity index is 1880. The van der Waals surface area contributed by atoms with Crippen LogP contribution in [-0.4, -0.2) is 30.8 Å². The highest BCUT2D eigenvalue weighted by Crippen LogP contribution is 2.40. The van der Waals surface area contributed by atoms with E-state index in [2.05, 4.69) is 0 Å². The van der Waals surface area contributed by atoms with Crippen molar-refractivity contribution in [3.05, 3.63) is 86.7 Å². The number of fused-ring (bicyclic) bond motifs is 5. The molecule has 0 spiro atoms. The standard InChI is InChI=1S/C31H25IN2O9/c1-3-19-20-11-18(43-30(38)41-14-16-5-7-17(8-6-16)42-29(32)37)9-10-24(20)33-26-21(19)13-34-25(26)12-23-22(27(34)35)15-40-28(36)31(23,39)4-2/h5-12,39H,3-4,13-15H2,1-2H3/t31-/m0/s1. The molecule has 0 amide bonds. The van der Waals surface area contributed by atoms with Gasteiger partial charge >= 0.3 is 16.1 Å². The van der Waals surface area contributed by atoms with E-state index in [4.69, 9.17) is 23.9 Å². The summed E-state index contributed by atoms with van der Waals surface area (Å²) in [5, 5.41) is 11.9. The molecule has 0 radical (unpaired) electrons.